The highest BCUT2D eigenvalue weighted by molar-refractivity contribution is 7.13. The normalized spacial score (nSPS) is 10.4. The molecule has 0 bridgehead atoms. The average molecular weight is 346 g/mol. The number of hydrogen-bond acceptors (Lipinski definition) is 5. The van der Waals surface area contributed by atoms with Crippen LogP contribution in [0.2, 0.25) is 0 Å². The fourth-order valence-electron chi connectivity index (χ4n) is 2.14. The predicted octanol–water partition coefficient (Wildman–Crippen LogP) is 3.12. The molecule has 24 heavy (non-hydrogen) atoms. The van der Waals surface area contributed by atoms with E-state index in [2.05, 4.69) is 10.3 Å². The Kier molecular flexibility index (Phi) is 6.93. The molecule has 128 valence electrons. The quantitative estimate of drug-likeness (QED) is 0.589. The van der Waals surface area contributed by atoms with E-state index in [1.807, 2.05) is 36.6 Å². The van der Waals surface area contributed by atoms with Crippen LogP contribution >= 0.6 is 11.3 Å². The molecule has 0 aliphatic heterocycles. The number of aromatic nitrogens is 1. The molecule has 0 atom stereocenters. The van der Waals surface area contributed by atoms with Gasteiger partial charge in [0.1, 0.15) is 5.01 Å². The number of carbonyl (C=O) groups excluding carboxylic acids is 2. The van der Waals surface area contributed by atoms with Crippen molar-refractivity contribution in [1.29, 1.82) is 0 Å². The van der Waals surface area contributed by atoms with E-state index in [4.69, 9.17) is 4.74 Å². The number of nitrogens with one attached hydrogen (secondary N) is 1. The summed E-state index contributed by atoms with van der Waals surface area (Å²) in [6, 6.07) is 8.17. The molecule has 2 aromatic rings. The topological polar surface area (TPSA) is 68.3 Å². The monoisotopic (exact) mass is 346 g/mol. The summed E-state index contributed by atoms with van der Waals surface area (Å²) in [5.41, 5.74) is 3.03. The lowest BCUT2D eigenvalue weighted by Gasteiger charge is -2.04. The minimum Gasteiger partial charge on any atom is -0.466 e. The number of thiazole rings is 1. The van der Waals surface area contributed by atoms with Crippen molar-refractivity contribution < 1.29 is 14.3 Å². The summed E-state index contributed by atoms with van der Waals surface area (Å²) in [4.78, 5) is 27.6. The summed E-state index contributed by atoms with van der Waals surface area (Å²) in [5, 5.41) is 5.63. The second-order valence-corrected chi connectivity index (χ2v) is 6.30. The molecular weight excluding hydrogens is 324 g/mol. The van der Waals surface area contributed by atoms with Crippen LogP contribution in [0.15, 0.2) is 29.6 Å². The smallest absolute Gasteiger partial charge is 0.305 e. The Morgan fingerprint density at radius 2 is 2.00 bits per heavy atom. The van der Waals surface area contributed by atoms with E-state index in [9.17, 15) is 9.59 Å². The van der Waals surface area contributed by atoms with Gasteiger partial charge >= 0.3 is 5.97 Å². The predicted molar refractivity (Wildman–Crippen MR) is 94.9 cm³/mol. The van der Waals surface area contributed by atoms with E-state index in [0.717, 1.165) is 16.3 Å². The first-order chi connectivity index (χ1) is 11.6. The van der Waals surface area contributed by atoms with Gasteiger partial charge in [-0.3, -0.25) is 9.59 Å². The van der Waals surface area contributed by atoms with Gasteiger partial charge in [0.15, 0.2) is 0 Å². The number of aryl methyl sites for hydroxylation is 1. The van der Waals surface area contributed by atoms with Gasteiger partial charge in [0, 0.05) is 23.9 Å². The van der Waals surface area contributed by atoms with Crippen LogP contribution in [0.4, 0.5) is 0 Å². The molecular formula is C18H22N2O3S. The Morgan fingerprint density at radius 3 is 2.71 bits per heavy atom. The van der Waals surface area contributed by atoms with Crippen molar-refractivity contribution in [2.75, 3.05) is 13.2 Å². The number of carbonyl (C=O) groups is 2. The summed E-state index contributed by atoms with van der Waals surface area (Å²) >= 11 is 1.54. The minimum atomic E-state index is -0.228. The molecule has 0 unspecified atom stereocenters. The molecule has 1 aromatic carbocycles. The summed E-state index contributed by atoms with van der Waals surface area (Å²) in [5.74, 6) is -0.311. The molecule has 0 saturated carbocycles. The fourth-order valence-corrected chi connectivity index (χ4v) is 2.96. The Bertz CT molecular complexity index is 680. The van der Waals surface area contributed by atoms with Crippen molar-refractivity contribution in [3.63, 3.8) is 0 Å². The van der Waals surface area contributed by atoms with Crippen LogP contribution in [0.1, 0.15) is 31.0 Å². The minimum absolute atomic E-state index is 0.0837. The lowest BCUT2D eigenvalue weighted by Crippen LogP contribution is -2.26. The standard InChI is InChI=1S/C18H22N2O3S/c1-3-23-17(22)5-4-10-19-16(21)11-15-12-24-18(20-15)14-8-6-13(2)7-9-14/h6-9,12H,3-5,10-11H2,1-2H3,(H,19,21). The van der Waals surface area contributed by atoms with E-state index in [1.165, 1.54) is 16.9 Å². The maximum absolute atomic E-state index is 11.9. The number of benzene rings is 1. The number of nitrogens with zero attached hydrogens (tertiary/aromatic N) is 1. The van der Waals surface area contributed by atoms with Crippen LogP contribution in [0, 0.1) is 6.92 Å². The lowest BCUT2D eigenvalue weighted by atomic mass is 10.2. The molecule has 0 spiro atoms. The van der Waals surface area contributed by atoms with E-state index in [0.29, 0.717) is 26.0 Å². The van der Waals surface area contributed by atoms with Gasteiger partial charge in [0.2, 0.25) is 5.91 Å². The third kappa shape index (κ3) is 5.77. The molecule has 1 N–H and O–H groups in total. The zero-order valence-corrected chi connectivity index (χ0v) is 14.8. The van der Waals surface area contributed by atoms with Gasteiger partial charge in [-0.05, 0) is 20.3 Å². The molecule has 6 heteroatoms. The third-order valence-electron chi connectivity index (χ3n) is 3.38. The highest BCUT2D eigenvalue weighted by Crippen LogP contribution is 2.24. The second kappa shape index (κ2) is 9.17. The van der Waals surface area contributed by atoms with Gasteiger partial charge in [0.05, 0.1) is 18.7 Å². The number of esters is 1. The summed E-state index contributed by atoms with van der Waals surface area (Å²) < 4.78 is 4.84. The van der Waals surface area contributed by atoms with E-state index in [-0.39, 0.29) is 18.3 Å². The molecule has 0 aliphatic carbocycles. The van der Waals surface area contributed by atoms with Gasteiger partial charge in [-0.15, -0.1) is 11.3 Å². The van der Waals surface area contributed by atoms with Crippen LogP contribution < -0.4 is 5.32 Å². The van der Waals surface area contributed by atoms with Crippen LogP contribution in [0.25, 0.3) is 10.6 Å². The molecule has 2 rings (SSSR count). The van der Waals surface area contributed by atoms with Crippen molar-refractivity contribution in [1.82, 2.24) is 10.3 Å². The first kappa shape index (κ1) is 18.1. The van der Waals surface area contributed by atoms with Crippen LogP contribution in [-0.4, -0.2) is 30.0 Å². The van der Waals surface area contributed by atoms with Gasteiger partial charge in [0.25, 0.3) is 0 Å². The Hall–Kier alpha value is -2.21. The van der Waals surface area contributed by atoms with Crippen molar-refractivity contribution in [2.24, 2.45) is 0 Å². The zero-order valence-electron chi connectivity index (χ0n) is 14.0. The number of hydrogen-bond donors (Lipinski definition) is 1. The number of rotatable bonds is 8. The largest absolute Gasteiger partial charge is 0.466 e. The number of amides is 1. The molecule has 0 fully saturated rings. The van der Waals surface area contributed by atoms with Crippen LogP contribution in [0.5, 0.6) is 0 Å². The Labute approximate surface area is 146 Å². The molecule has 1 aromatic heterocycles. The highest BCUT2D eigenvalue weighted by atomic mass is 32.1. The van der Waals surface area contributed by atoms with E-state index < -0.39 is 0 Å². The highest BCUT2D eigenvalue weighted by Gasteiger charge is 2.09. The molecule has 1 heterocycles. The second-order valence-electron chi connectivity index (χ2n) is 5.45. The molecule has 0 saturated heterocycles. The molecule has 0 radical (unpaired) electrons. The average Bonchev–Trinajstić information content (AvgIpc) is 3.01. The maximum Gasteiger partial charge on any atom is 0.305 e. The van der Waals surface area contributed by atoms with Gasteiger partial charge in [-0.25, -0.2) is 4.98 Å². The van der Waals surface area contributed by atoms with E-state index in [1.54, 1.807) is 6.92 Å². The van der Waals surface area contributed by atoms with E-state index >= 15 is 0 Å². The Balaban J connectivity index is 1.76. The lowest BCUT2D eigenvalue weighted by molar-refractivity contribution is -0.143. The maximum atomic E-state index is 11.9. The summed E-state index contributed by atoms with van der Waals surface area (Å²) in [6.07, 6.45) is 1.15. The van der Waals surface area contributed by atoms with Crippen molar-refractivity contribution in [3.8, 4) is 10.6 Å². The first-order valence-electron chi connectivity index (χ1n) is 8.02. The van der Waals surface area contributed by atoms with Gasteiger partial charge in [-0.1, -0.05) is 29.8 Å². The molecule has 1 amide bonds. The van der Waals surface area contributed by atoms with Gasteiger partial charge in [-0.2, -0.15) is 0 Å². The molecule has 0 aliphatic rings. The van der Waals surface area contributed by atoms with Crippen LogP contribution in [-0.2, 0) is 20.7 Å². The van der Waals surface area contributed by atoms with Crippen molar-refractivity contribution >= 4 is 23.2 Å². The van der Waals surface area contributed by atoms with Crippen molar-refractivity contribution in [3.05, 3.63) is 40.9 Å². The Morgan fingerprint density at radius 1 is 1.25 bits per heavy atom. The third-order valence-corrected chi connectivity index (χ3v) is 4.32. The zero-order chi connectivity index (χ0) is 17.4. The molecule has 5 nitrogen and oxygen atoms in total. The summed E-state index contributed by atoms with van der Waals surface area (Å²) in [7, 11) is 0. The van der Waals surface area contributed by atoms with Gasteiger partial charge < -0.3 is 10.1 Å². The number of ether oxygens (including phenoxy) is 1. The summed E-state index contributed by atoms with van der Waals surface area (Å²) in [6.45, 7) is 4.67. The van der Waals surface area contributed by atoms with Crippen LogP contribution in [0.3, 0.4) is 0 Å². The fraction of sp³-hybridized carbons (Fsp3) is 0.389. The van der Waals surface area contributed by atoms with Crippen molar-refractivity contribution in [2.45, 2.75) is 33.1 Å². The first-order valence-corrected chi connectivity index (χ1v) is 8.90. The SMILES string of the molecule is CCOC(=O)CCCNC(=O)Cc1csc(-c2ccc(C)cc2)n1.